The van der Waals surface area contributed by atoms with E-state index >= 15 is 0 Å². The van der Waals surface area contributed by atoms with Crippen LogP contribution in [0.4, 0.5) is 0 Å². The van der Waals surface area contributed by atoms with Gasteiger partial charge in [0, 0.05) is 6.04 Å². The molecular weight excluding hydrogens is 186 g/mol. The Balaban J connectivity index is 4.36. The molecule has 4 heteroatoms. The molecule has 0 aromatic rings. The lowest BCUT2D eigenvalue weighted by Gasteiger charge is -2.22. The van der Waals surface area contributed by atoms with Gasteiger partial charge in [-0.15, -0.1) is 0 Å². The molecule has 0 bridgehead atoms. The summed E-state index contributed by atoms with van der Waals surface area (Å²) in [5.41, 5.74) is 0. The van der Waals surface area contributed by atoms with Crippen LogP contribution in [0.2, 0.25) is 0 Å². The normalized spacial score (nSPS) is 15.8. The van der Waals surface area contributed by atoms with E-state index in [0.717, 1.165) is 6.54 Å². The van der Waals surface area contributed by atoms with Crippen LogP contribution >= 0.6 is 0 Å². The lowest BCUT2D eigenvalue weighted by molar-refractivity contribution is 0.538. The van der Waals surface area contributed by atoms with Gasteiger partial charge < -0.3 is 5.32 Å². The van der Waals surface area contributed by atoms with Crippen LogP contribution in [0.15, 0.2) is 0 Å². The third-order valence-electron chi connectivity index (χ3n) is 1.96. The Hall–Kier alpha value is -0.0900. The summed E-state index contributed by atoms with van der Waals surface area (Å²) in [5, 5.41) is 3.09. The fraction of sp³-hybridized carbons (Fsp3) is 1.00. The smallest absolute Gasteiger partial charge is 0.156 e. The Morgan fingerprint density at radius 1 is 1.31 bits per heavy atom. The molecule has 0 heterocycles. The second-order valence-electron chi connectivity index (χ2n) is 4.35. The SMILES string of the molecule is CCNC(C)CS(=O)(=O)C(C)(C)C. The Labute approximate surface area is 81.8 Å². The van der Waals surface area contributed by atoms with Crippen LogP contribution in [-0.4, -0.2) is 31.5 Å². The molecule has 80 valence electrons. The van der Waals surface area contributed by atoms with Crippen molar-refractivity contribution in [2.24, 2.45) is 0 Å². The first-order valence-corrected chi connectivity index (χ1v) is 6.31. The van der Waals surface area contributed by atoms with Gasteiger partial charge in [0.2, 0.25) is 0 Å². The maximum Gasteiger partial charge on any atom is 0.156 e. The van der Waals surface area contributed by atoms with Gasteiger partial charge in [0.05, 0.1) is 10.5 Å². The van der Waals surface area contributed by atoms with Gasteiger partial charge in [-0.05, 0) is 34.2 Å². The molecule has 0 aromatic carbocycles. The summed E-state index contributed by atoms with van der Waals surface area (Å²) in [7, 11) is -2.98. The van der Waals surface area contributed by atoms with Gasteiger partial charge in [-0.25, -0.2) is 8.42 Å². The molecule has 0 saturated carbocycles. The molecule has 0 aliphatic carbocycles. The fourth-order valence-corrected chi connectivity index (χ4v) is 2.26. The summed E-state index contributed by atoms with van der Waals surface area (Å²) < 4.78 is 22.8. The minimum absolute atomic E-state index is 0.0363. The predicted molar refractivity (Wildman–Crippen MR) is 56.7 cm³/mol. The first-order valence-electron chi connectivity index (χ1n) is 4.66. The van der Waals surface area contributed by atoms with Gasteiger partial charge in [0.1, 0.15) is 0 Å². The monoisotopic (exact) mass is 207 g/mol. The molecule has 0 saturated heterocycles. The summed E-state index contributed by atoms with van der Waals surface area (Å²) in [6.45, 7) is 9.89. The van der Waals surface area contributed by atoms with Crippen LogP contribution in [0.3, 0.4) is 0 Å². The van der Waals surface area contributed by atoms with Gasteiger partial charge in [-0.3, -0.25) is 0 Å². The second kappa shape index (κ2) is 4.42. The van der Waals surface area contributed by atoms with Crippen molar-refractivity contribution in [3.63, 3.8) is 0 Å². The van der Waals surface area contributed by atoms with Crippen molar-refractivity contribution in [3.8, 4) is 0 Å². The molecule has 0 fully saturated rings. The van der Waals surface area contributed by atoms with Gasteiger partial charge >= 0.3 is 0 Å². The number of sulfone groups is 1. The Morgan fingerprint density at radius 2 is 1.77 bits per heavy atom. The van der Waals surface area contributed by atoms with E-state index in [9.17, 15) is 8.42 Å². The first-order chi connectivity index (χ1) is 5.70. The summed E-state index contributed by atoms with van der Waals surface area (Å²) in [4.78, 5) is 0. The second-order valence-corrected chi connectivity index (χ2v) is 7.14. The number of hydrogen-bond donors (Lipinski definition) is 1. The maximum atomic E-state index is 11.7. The third-order valence-corrected chi connectivity index (χ3v) is 4.76. The quantitative estimate of drug-likeness (QED) is 0.753. The van der Waals surface area contributed by atoms with Crippen LogP contribution in [-0.2, 0) is 9.84 Å². The number of rotatable bonds is 4. The van der Waals surface area contributed by atoms with E-state index in [1.54, 1.807) is 20.8 Å². The Bertz CT molecular complexity index is 239. The Morgan fingerprint density at radius 3 is 2.08 bits per heavy atom. The van der Waals surface area contributed by atoms with E-state index in [0.29, 0.717) is 0 Å². The average molecular weight is 207 g/mol. The molecule has 1 unspecified atom stereocenters. The van der Waals surface area contributed by atoms with Crippen molar-refractivity contribution in [2.75, 3.05) is 12.3 Å². The molecule has 0 rings (SSSR count). The number of hydrogen-bond acceptors (Lipinski definition) is 3. The van der Waals surface area contributed by atoms with E-state index in [1.165, 1.54) is 0 Å². The predicted octanol–water partition coefficient (Wildman–Crippen LogP) is 1.20. The largest absolute Gasteiger partial charge is 0.314 e. The highest BCUT2D eigenvalue weighted by atomic mass is 32.2. The van der Waals surface area contributed by atoms with Gasteiger partial charge in [-0.1, -0.05) is 6.92 Å². The lowest BCUT2D eigenvalue weighted by Crippen LogP contribution is -2.39. The van der Waals surface area contributed by atoms with Crippen LogP contribution in [0.5, 0.6) is 0 Å². The molecule has 3 nitrogen and oxygen atoms in total. The van der Waals surface area contributed by atoms with Crippen LogP contribution in [0, 0.1) is 0 Å². The molecule has 0 aliphatic heterocycles. The minimum Gasteiger partial charge on any atom is -0.314 e. The molecule has 0 amide bonds. The van der Waals surface area contributed by atoms with E-state index in [1.807, 2.05) is 13.8 Å². The standard InChI is InChI=1S/C9H21NO2S/c1-6-10-8(2)7-13(11,12)9(3,4)5/h8,10H,6-7H2,1-5H3. The van der Waals surface area contributed by atoms with Crippen molar-refractivity contribution in [1.29, 1.82) is 0 Å². The highest BCUT2D eigenvalue weighted by Crippen LogP contribution is 2.16. The highest BCUT2D eigenvalue weighted by molar-refractivity contribution is 7.92. The van der Waals surface area contributed by atoms with E-state index in [4.69, 9.17) is 0 Å². The van der Waals surface area contributed by atoms with Crippen LogP contribution in [0.25, 0.3) is 0 Å². The fourth-order valence-electron chi connectivity index (χ4n) is 0.987. The zero-order valence-electron chi connectivity index (χ0n) is 9.22. The molecule has 1 atom stereocenters. The first kappa shape index (κ1) is 12.9. The van der Waals surface area contributed by atoms with Gasteiger partial charge in [0.15, 0.2) is 9.84 Å². The molecule has 0 spiro atoms. The lowest BCUT2D eigenvalue weighted by atomic mass is 10.3. The van der Waals surface area contributed by atoms with Gasteiger partial charge in [0.25, 0.3) is 0 Å². The maximum absolute atomic E-state index is 11.7. The molecule has 0 aliphatic rings. The number of nitrogens with one attached hydrogen (secondary N) is 1. The van der Waals surface area contributed by atoms with Crippen molar-refractivity contribution in [3.05, 3.63) is 0 Å². The molecular formula is C9H21NO2S. The zero-order chi connectivity index (χ0) is 10.7. The van der Waals surface area contributed by atoms with Crippen molar-refractivity contribution in [1.82, 2.24) is 5.32 Å². The summed E-state index contributed by atoms with van der Waals surface area (Å²) in [6, 6.07) is 0.0363. The summed E-state index contributed by atoms with van der Waals surface area (Å²) >= 11 is 0. The third kappa shape index (κ3) is 4.09. The highest BCUT2D eigenvalue weighted by Gasteiger charge is 2.29. The molecule has 0 radical (unpaired) electrons. The van der Waals surface area contributed by atoms with Crippen LogP contribution in [0.1, 0.15) is 34.6 Å². The topological polar surface area (TPSA) is 46.2 Å². The minimum atomic E-state index is -2.98. The molecule has 13 heavy (non-hydrogen) atoms. The zero-order valence-corrected chi connectivity index (χ0v) is 10.0. The van der Waals surface area contributed by atoms with E-state index in [-0.39, 0.29) is 11.8 Å². The van der Waals surface area contributed by atoms with Crippen molar-refractivity contribution in [2.45, 2.75) is 45.4 Å². The average Bonchev–Trinajstić information content (AvgIpc) is 1.83. The van der Waals surface area contributed by atoms with E-state index < -0.39 is 14.6 Å². The molecule has 0 aromatic heterocycles. The van der Waals surface area contributed by atoms with Crippen molar-refractivity contribution >= 4 is 9.84 Å². The van der Waals surface area contributed by atoms with Gasteiger partial charge in [-0.2, -0.15) is 0 Å². The van der Waals surface area contributed by atoms with E-state index in [2.05, 4.69) is 5.32 Å². The summed E-state index contributed by atoms with van der Waals surface area (Å²) in [6.07, 6.45) is 0. The van der Waals surface area contributed by atoms with Crippen LogP contribution < -0.4 is 5.32 Å². The Kier molecular flexibility index (Phi) is 4.39. The molecule has 1 N–H and O–H groups in total. The summed E-state index contributed by atoms with van der Waals surface area (Å²) in [5.74, 6) is 0.213. The van der Waals surface area contributed by atoms with Crippen molar-refractivity contribution < 1.29 is 8.42 Å².